The lowest BCUT2D eigenvalue weighted by atomic mass is 10.4. The zero-order chi connectivity index (χ0) is 9.52. The van der Waals surface area contributed by atoms with Gasteiger partial charge in [-0.05, 0) is 13.0 Å². The highest BCUT2D eigenvalue weighted by Gasteiger charge is 2.14. The van der Waals surface area contributed by atoms with Crippen molar-refractivity contribution in [1.82, 2.24) is 10.2 Å². The number of hydrogen-bond donors (Lipinski definition) is 1. The third kappa shape index (κ3) is 3.74. The number of nitrogens with one attached hydrogen (secondary N) is 1. The Morgan fingerprint density at radius 1 is 1.46 bits per heavy atom. The van der Waals surface area contributed by atoms with Gasteiger partial charge < -0.3 is 15.0 Å². The lowest BCUT2D eigenvalue weighted by molar-refractivity contribution is -0.130. The Morgan fingerprint density at radius 2 is 2.31 bits per heavy atom. The highest BCUT2D eigenvalue weighted by atomic mass is 16.5. The van der Waals surface area contributed by atoms with Crippen molar-refractivity contribution in [2.24, 2.45) is 0 Å². The first-order valence-corrected chi connectivity index (χ1v) is 4.91. The maximum atomic E-state index is 11.5. The molecule has 4 nitrogen and oxygen atoms in total. The minimum Gasteiger partial charge on any atom is -0.380 e. The van der Waals surface area contributed by atoms with Crippen LogP contribution in [0.5, 0.6) is 0 Å². The van der Waals surface area contributed by atoms with Crippen LogP contribution < -0.4 is 5.32 Å². The monoisotopic (exact) mass is 186 g/mol. The lowest BCUT2D eigenvalue weighted by Gasteiger charge is -2.19. The van der Waals surface area contributed by atoms with Crippen LogP contribution in [0.3, 0.4) is 0 Å². The zero-order valence-electron chi connectivity index (χ0n) is 8.21. The van der Waals surface area contributed by atoms with Crippen LogP contribution in [-0.4, -0.2) is 50.2 Å². The molecule has 1 saturated heterocycles. The van der Waals surface area contributed by atoms with Crippen LogP contribution in [0, 0.1) is 0 Å². The minimum absolute atomic E-state index is 0.187. The molecule has 1 aliphatic rings. The Morgan fingerprint density at radius 3 is 3.08 bits per heavy atom. The summed E-state index contributed by atoms with van der Waals surface area (Å²) in [5, 5.41) is 3.03. The van der Waals surface area contributed by atoms with Crippen molar-refractivity contribution in [3.8, 4) is 0 Å². The van der Waals surface area contributed by atoms with Crippen LogP contribution in [0.25, 0.3) is 0 Å². The number of ether oxygens (including phenoxy) is 1. The minimum atomic E-state index is 0.187. The van der Waals surface area contributed by atoms with E-state index < -0.39 is 0 Å². The number of rotatable bonds is 3. The molecule has 76 valence electrons. The summed E-state index contributed by atoms with van der Waals surface area (Å²) in [6.07, 6.45) is 0.956. The molecule has 0 saturated carbocycles. The fourth-order valence-corrected chi connectivity index (χ4v) is 1.34. The van der Waals surface area contributed by atoms with Crippen LogP contribution >= 0.6 is 0 Å². The average Bonchev–Trinajstić information content (AvgIpc) is 2.42. The van der Waals surface area contributed by atoms with Crippen LogP contribution in [0.4, 0.5) is 0 Å². The van der Waals surface area contributed by atoms with Crippen LogP contribution in [0.1, 0.15) is 13.3 Å². The third-order valence-corrected chi connectivity index (χ3v) is 2.10. The maximum Gasteiger partial charge on any atom is 0.236 e. The number of hydrogen-bond acceptors (Lipinski definition) is 3. The van der Waals surface area contributed by atoms with E-state index in [0.717, 1.165) is 32.7 Å². The van der Waals surface area contributed by atoms with Crippen LogP contribution in [-0.2, 0) is 9.53 Å². The van der Waals surface area contributed by atoms with Gasteiger partial charge in [0.25, 0.3) is 0 Å². The van der Waals surface area contributed by atoms with Gasteiger partial charge in [-0.3, -0.25) is 4.79 Å². The molecule has 1 fully saturated rings. The quantitative estimate of drug-likeness (QED) is 0.666. The first-order valence-electron chi connectivity index (χ1n) is 4.91. The predicted molar refractivity (Wildman–Crippen MR) is 50.6 cm³/mol. The van der Waals surface area contributed by atoms with Crippen LogP contribution in [0.15, 0.2) is 0 Å². The number of likely N-dealkylation sites (N-methyl/N-ethyl adjacent to an activating group) is 1. The van der Waals surface area contributed by atoms with E-state index in [1.807, 2.05) is 11.8 Å². The molecule has 0 aromatic heterocycles. The second kappa shape index (κ2) is 5.94. The predicted octanol–water partition coefficient (Wildman–Crippen LogP) is -0.155. The Bertz CT molecular complexity index is 154. The summed E-state index contributed by atoms with van der Waals surface area (Å²) in [5.41, 5.74) is 0. The molecule has 1 rings (SSSR count). The van der Waals surface area contributed by atoms with Gasteiger partial charge in [0.1, 0.15) is 0 Å². The van der Waals surface area contributed by atoms with Crippen molar-refractivity contribution in [2.75, 3.05) is 39.4 Å². The lowest BCUT2D eigenvalue weighted by Crippen LogP contribution is -2.39. The van der Waals surface area contributed by atoms with Gasteiger partial charge in [0.15, 0.2) is 0 Å². The topological polar surface area (TPSA) is 41.6 Å². The smallest absolute Gasteiger partial charge is 0.236 e. The average molecular weight is 186 g/mol. The van der Waals surface area contributed by atoms with Crippen molar-refractivity contribution in [3.05, 3.63) is 0 Å². The van der Waals surface area contributed by atoms with Crippen molar-refractivity contribution < 1.29 is 9.53 Å². The van der Waals surface area contributed by atoms with Gasteiger partial charge in [0, 0.05) is 19.7 Å². The van der Waals surface area contributed by atoms with Crippen molar-refractivity contribution in [3.63, 3.8) is 0 Å². The summed E-state index contributed by atoms with van der Waals surface area (Å²) in [4.78, 5) is 13.4. The van der Waals surface area contributed by atoms with Crippen molar-refractivity contribution >= 4 is 5.91 Å². The fourth-order valence-electron chi connectivity index (χ4n) is 1.34. The number of carbonyl (C=O) groups is 1. The molecule has 1 N–H and O–H groups in total. The highest BCUT2D eigenvalue weighted by molar-refractivity contribution is 5.78. The molecule has 0 bridgehead atoms. The van der Waals surface area contributed by atoms with Gasteiger partial charge >= 0.3 is 0 Å². The number of carbonyl (C=O) groups excluding carboxylic acids is 1. The van der Waals surface area contributed by atoms with E-state index >= 15 is 0 Å². The second-order valence-electron chi connectivity index (χ2n) is 3.13. The van der Waals surface area contributed by atoms with Gasteiger partial charge in [0.2, 0.25) is 5.91 Å². The van der Waals surface area contributed by atoms with E-state index in [0.29, 0.717) is 13.2 Å². The molecule has 4 heteroatoms. The molecule has 0 atom stereocenters. The molecule has 0 unspecified atom stereocenters. The van der Waals surface area contributed by atoms with E-state index in [1.54, 1.807) is 0 Å². The molecule has 0 aromatic rings. The number of amides is 1. The summed E-state index contributed by atoms with van der Waals surface area (Å²) in [5.74, 6) is 0.187. The normalized spacial score (nSPS) is 18.4. The Balaban J connectivity index is 2.26. The van der Waals surface area contributed by atoms with Gasteiger partial charge in [-0.2, -0.15) is 0 Å². The zero-order valence-corrected chi connectivity index (χ0v) is 8.21. The Labute approximate surface area is 79.2 Å². The summed E-state index contributed by atoms with van der Waals surface area (Å²) in [7, 11) is 0. The molecule has 0 aromatic carbocycles. The maximum absolute atomic E-state index is 11.5. The first-order chi connectivity index (χ1) is 6.34. The van der Waals surface area contributed by atoms with E-state index in [4.69, 9.17) is 4.74 Å². The molecule has 0 radical (unpaired) electrons. The number of nitrogens with zero attached hydrogens (tertiary/aromatic N) is 1. The second-order valence-corrected chi connectivity index (χ2v) is 3.13. The summed E-state index contributed by atoms with van der Waals surface area (Å²) in [6, 6.07) is 0. The SMILES string of the molecule is CCNCC(=O)N1CCCOCC1. The molecule has 13 heavy (non-hydrogen) atoms. The fraction of sp³-hybridized carbons (Fsp3) is 0.889. The molecular formula is C9H18N2O2. The largest absolute Gasteiger partial charge is 0.380 e. The van der Waals surface area contributed by atoms with Gasteiger partial charge in [-0.1, -0.05) is 6.92 Å². The van der Waals surface area contributed by atoms with E-state index in [9.17, 15) is 4.79 Å². The molecule has 0 spiro atoms. The molecule has 0 aliphatic carbocycles. The summed E-state index contributed by atoms with van der Waals surface area (Å²) in [6.45, 7) is 6.34. The van der Waals surface area contributed by atoms with Gasteiger partial charge in [-0.25, -0.2) is 0 Å². The van der Waals surface area contributed by atoms with E-state index in [1.165, 1.54) is 0 Å². The van der Waals surface area contributed by atoms with Crippen LogP contribution in [0.2, 0.25) is 0 Å². The van der Waals surface area contributed by atoms with Crippen molar-refractivity contribution in [1.29, 1.82) is 0 Å². The Hall–Kier alpha value is -0.610. The molecule has 1 amide bonds. The standard InChI is InChI=1S/C9H18N2O2/c1-2-10-8-9(12)11-4-3-6-13-7-5-11/h10H,2-8H2,1H3. The van der Waals surface area contributed by atoms with Gasteiger partial charge in [-0.15, -0.1) is 0 Å². The van der Waals surface area contributed by atoms with E-state index in [2.05, 4.69) is 5.32 Å². The first kappa shape index (κ1) is 10.5. The molecule has 1 aliphatic heterocycles. The van der Waals surface area contributed by atoms with Gasteiger partial charge in [0.05, 0.1) is 13.2 Å². The molecular weight excluding hydrogens is 168 g/mol. The Kier molecular flexibility index (Phi) is 4.78. The third-order valence-electron chi connectivity index (χ3n) is 2.10. The highest BCUT2D eigenvalue weighted by Crippen LogP contribution is 1.98. The molecule has 1 heterocycles. The van der Waals surface area contributed by atoms with Crippen molar-refractivity contribution in [2.45, 2.75) is 13.3 Å². The summed E-state index contributed by atoms with van der Waals surface area (Å²) < 4.78 is 5.27. The van der Waals surface area contributed by atoms with E-state index in [-0.39, 0.29) is 5.91 Å². The summed E-state index contributed by atoms with van der Waals surface area (Å²) >= 11 is 0.